The Hall–Kier alpha value is -3.26. The van der Waals surface area contributed by atoms with Crippen LogP contribution >= 0.6 is 15.9 Å². The summed E-state index contributed by atoms with van der Waals surface area (Å²) in [6, 6.07) is 9.93. The number of rotatable bonds is 3. The molecular weight excluding hydrogens is 414 g/mol. The van der Waals surface area contributed by atoms with Crippen LogP contribution in [0.1, 0.15) is 17.3 Å². The highest BCUT2D eigenvalue weighted by Crippen LogP contribution is 2.44. The smallest absolute Gasteiger partial charge is 0.240 e. The molecule has 0 fully saturated rings. The molecule has 8 heteroatoms. The Bertz CT molecular complexity index is 1210. The average Bonchev–Trinajstić information content (AvgIpc) is 3.20. The topological polar surface area (TPSA) is 111 Å². The number of hydrogen-bond acceptors (Lipinski definition) is 5. The van der Waals surface area contributed by atoms with Gasteiger partial charge in [0.25, 0.3) is 0 Å². The first-order valence-corrected chi connectivity index (χ1v) is 8.77. The molecule has 7 nitrogen and oxygen atoms in total. The first kappa shape index (κ1) is 17.2. The largest absolute Gasteiger partial charge is 0.507 e. The number of phenols is 1. The van der Waals surface area contributed by atoms with Gasteiger partial charge in [0.05, 0.1) is 38.8 Å². The summed E-state index contributed by atoms with van der Waals surface area (Å²) >= 11 is 3.26. The highest BCUT2D eigenvalue weighted by atomic mass is 79.9. The molecule has 0 aliphatic heterocycles. The van der Waals surface area contributed by atoms with Gasteiger partial charge < -0.3 is 20.3 Å². The van der Waals surface area contributed by atoms with Crippen molar-refractivity contribution in [2.45, 2.75) is 6.92 Å². The maximum atomic E-state index is 12.2. The minimum atomic E-state index is -0.494. The van der Waals surface area contributed by atoms with Gasteiger partial charge in [-0.05, 0) is 59.3 Å². The number of carbonyl (C=O) groups excluding carboxylic acids is 1. The van der Waals surface area contributed by atoms with E-state index in [0.29, 0.717) is 21.4 Å². The van der Waals surface area contributed by atoms with E-state index >= 15 is 0 Å². The highest BCUT2D eigenvalue weighted by molar-refractivity contribution is 9.10. The summed E-state index contributed by atoms with van der Waals surface area (Å²) in [5, 5.41) is 30.8. The van der Waals surface area contributed by atoms with Gasteiger partial charge in [0.2, 0.25) is 5.88 Å². The second-order valence-electron chi connectivity index (χ2n) is 6.06. The normalized spacial score (nSPS) is 11.2. The molecule has 2 heterocycles. The lowest BCUT2D eigenvalue weighted by molar-refractivity contribution is 0.101. The van der Waals surface area contributed by atoms with Crippen LogP contribution in [0.3, 0.4) is 0 Å². The molecule has 0 aliphatic rings. The van der Waals surface area contributed by atoms with Gasteiger partial charge >= 0.3 is 0 Å². The van der Waals surface area contributed by atoms with E-state index in [1.54, 1.807) is 36.7 Å². The molecule has 27 heavy (non-hydrogen) atoms. The van der Waals surface area contributed by atoms with E-state index in [-0.39, 0.29) is 11.3 Å². The van der Waals surface area contributed by atoms with Gasteiger partial charge in [-0.2, -0.15) is 0 Å². The van der Waals surface area contributed by atoms with Crippen LogP contribution in [0.15, 0.2) is 47.2 Å². The number of nitrogens with one attached hydrogen (secondary N) is 1. The van der Waals surface area contributed by atoms with Gasteiger partial charge in [-0.1, -0.05) is 0 Å². The number of Topliss-reactive ketones (excluding diaryl/α,β-unsaturated/α-hetero) is 1. The van der Waals surface area contributed by atoms with E-state index in [1.165, 1.54) is 17.6 Å². The van der Waals surface area contributed by atoms with Crippen LogP contribution < -0.4 is 0 Å². The van der Waals surface area contributed by atoms with Gasteiger partial charge in [-0.25, -0.2) is 4.98 Å². The van der Waals surface area contributed by atoms with Gasteiger partial charge in [-0.3, -0.25) is 9.36 Å². The van der Waals surface area contributed by atoms with Crippen molar-refractivity contribution in [2.75, 3.05) is 0 Å². The number of H-pyrrole nitrogens is 1. The zero-order chi connectivity index (χ0) is 19.3. The van der Waals surface area contributed by atoms with Gasteiger partial charge in [0.1, 0.15) is 5.75 Å². The van der Waals surface area contributed by atoms with E-state index in [2.05, 4.69) is 25.9 Å². The summed E-state index contributed by atoms with van der Waals surface area (Å²) in [6.45, 7) is 1.32. The van der Waals surface area contributed by atoms with E-state index in [9.17, 15) is 20.1 Å². The van der Waals surface area contributed by atoms with Crippen LogP contribution in [0.25, 0.3) is 28.0 Å². The Balaban J connectivity index is 2.07. The van der Waals surface area contributed by atoms with Crippen LogP contribution in [0, 0.1) is 0 Å². The summed E-state index contributed by atoms with van der Waals surface area (Å²) in [5.41, 5.74) is 2.86. The molecule has 0 spiro atoms. The maximum Gasteiger partial charge on any atom is 0.240 e. The fraction of sp³-hybridized carbons (Fsp3) is 0.0526. The maximum absolute atomic E-state index is 12.2. The Kier molecular flexibility index (Phi) is 3.92. The number of hydrogen-bond donors (Lipinski definition) is 4. The van der Waals surface area contributed by atoms with Crippen molar-refractivity contribution in [1.29, 1.82) is 0 Å². The Morgan fingerprint density at radius 2 is 1.93 bits per heavy atom. The molecule has 0 saturated carbocycles. The molecule has 0 amide bonds. The van der Waals surface area contributed by atoms with Crippen molar-refractivity contribution in [3.63, 3.8) is 0 Å². The lowest BCUT2D eigenvalue weighted by Crippen LogP contribution is -2.00. The van der Waals surface area contributed by atoms with Crippen molar-refractivity contribution in [1.82, 2.24) is 14.5 Å². The number of ketones is 1. The van der Waals surface area contributed by atoms with E-state index in [4.69, 9.17) is 0 Å². The number of aromatic amines is 1. The van der Waals surface area contributed by atoms with Crippen molar-refractivity contribution < 1.29 is 20.1 Å². The number of halogens is 1. The molecule has 0 atom stereocenters. The predicted molar refractivity (Wildman–Crippen MR) is 104 cm³/mol. The van der Waals surface area contributed by atoms with E-state index < -0.39 is 17.4 Å². The molecule has 0 unspecified atom stereocenters. The number of imidazole rings is 1. The van der Waals surface area contributed by atoms with Crippen LogP contribution in [0.5, 0.6) is 17.4 Å². The molecule has 0 bridgehead atoms. The molecule has 0 saturated heterocycles. The Morgan fingerprint density at radius 3 is 2.63 bits per heavy atom. The molecule has 4 rings (SSSR count). The van der Waals surface area contributed by atoms with Gasteiger partial charge in [-0.15, -0.1) is 0 Å². The van der Waals surface area contributed by atoms with Crippen LogP contribution in [-0.4, -0.2) is 35.6 Å². The second-order valence-corrected chi connectivity index (χ2v) is 6.91. The number of phenolic OH excluding ortho intramolecular Hbond substituents is 1. The van der Waals surface area contributed by atoms with Crippen molar-refractivity contribution in [3.8, 4) is 34.3 Å². The number of aromatic hydroxyl groups is 3. The zero-order valence-corrected chi connectivity index (χ0v) is 15.6. The third-order valence-corrected chi connectivity index (χ3v) is 4.99. The van der Waals surface area contributed by atoms with Crippen LogP contribution in [0.4, 0.5) is 0 Å². The van der Waals surface area contributed by atoms with E-state index in [1.807, 2.05) is 0 Å². The molecule has 4 N–H and O–H groups in total. The van der Waals surface area contributed by atoms with Crippen LogP contribution in [-0.2, 0) is 0 Å². The number of fused-ring (bicyclic) bond motifs is 1. The molecular formula is C19H14BrN3O4. The summed E-state index contributed by atoms with van der Waals surface area (Å²) in [5.74, 6) is -1.30. The summed E-state index contributed by atoms with van der Waals surface area (Å²) < 4.78 is 1.82. The lowest BCUT2D eigenvalue weighted by Gasteiger charge is -2.12. The zero-order valence-electron chi connectivity index (χ0n) is 14.1. The summed E-state index contributed by atoms with van der Waals surface area (Å²) in [7, 11) is 0. The SMILES string of the molecule is CC(=O)c1c(O)c(O)n(-c2ccc3nc[nH]c3c2)c1-c1ccc(O)c(Br)c1. The minimum absolute atomic E-state index is 0.00482. The summed E-state index contributed by atoms with van der Waals surface area (Å²) in [4.78, 5) is 19.4. The van der Waals surface area contributed by atoms with Crippen molar-refractivity contribution in [2.24, 2.45) is 0 Å². The predicted octanol–water partition coefficient (Wildman–Crippen LogP) is 4.10. The lowest BCUT2D eigenvalue weighted by atomic mass is 10.0. The first-order valence-electron chi connectivity index (χ1n) is 7.98. The Labute approximate surface area is 161 Å². The van der Waals surface area contributed by atoms with Gasteiger partial charge in [0, 0.05) is 5.56 Å². The third-order valence-electron chi connectivity index (χ3n) is 4.36. The number of carbonyl (C=O) groups is 1. The van der Waals surface area contributed by atoms with Crippen molar-refractivity contribution >= 4 is 32.7 Å². The van der Waals surface area contributed by atoms with Gasteiger partial charge in [0.15, 0.2) is 11.5 Å². The molecule has 2 aromatic carbocycles. The van der Waals surface area contributed by atoms with E-state index in [0.717, 1.165) is 11.0 Å². The fourth-order valence-corrected chi connectivity index (χ4v) is 3.50. The average molecular weight is 428 g/mol. The quantitative estimate of drug-likeness (QED) is 0.367. The van der Waals surface area contributed by atoms with Crippen molar-refractivity contribution in [3.05, 3.63) is 52.8 Å². The van der Waals surface area contributed by atoms with Crippen LogP contribution in [0.2, 0.25) is 0 Å². The Morgan fingerprint density at radius 1 is 1.15 bits per heavy atom. The number of benzene rings is 2. The monoisotopic (exact) mass is 427 g/mol. The first-order chi connectivity index (χ1) is 12.9. The molecule has 0 aliphatic carbocycles. The minimum Gasteiger partial charge on any atom is -0.507 e. The third kappa shape index (κ3) is 2.65. The molecule has 136 valence electrons. The standard InChI is InChI=1S/C19H14BrN3O4/c1-9(24)16-17(10-2-5-15(25)12(20)6-10)23(19(27)18(16)26)11-3-4-13-14(7-11)22-8-21-13/h2-8,25-27H,1H3,(H,21,22). The highest BCUT2D eigenvalue weighted by Gasteiger charge is 2.27. The summed E-state index contributed by atoms with van der Waals surface area (Å²) in [6.07, 6.45) is 1.56. The second kappa shape index (κ2) is 6.17. The molecule has 0 radical (unpaired) electrons. The fourth-order valence-electron chi connectivity index (χ4n) is 3.12. The number of aromatic nitrogens is 3. The number of nitrogens with zero attached hydrogens (tertiary/aromatic N) is 2. The molecule has 4 aromatic rings. The molecule has 2 aromatic heterocycles.